The zero-order valence-corrected chi connectivity index (χ0v) is 14.7. The van der Waals surface area contributed by atoms with Crippen LogP contribution >= 0.6 is 0 Å². The first-order chi connectivity index (χ1) is 12.2. The molecule has 5 heteroatoms. The van der Waals surface area contributed by atoms with Crippen molar-refractivity contribution in [2.75, 3.05) is 26.2 Å². The summed E-state index contributed by atoms with van der Waals surface area (Å²) in [6.45, 7) is 8.24. The Kier molecular flexibility index (Phi) is 5.22. The molecule has 0 saturated carbocycles. The molecule has 0 atom stereocenters. The largest absolute Gasteiger partial charge is 0.494 e. The van der Waals surface area contributed by atoms with Gasteiger partial charge in [0.05, 0.1) is 12.2 Å². The van der Waals surface area contributed by atoms with Crippen LogP contribution in [-0.4, -0.2) is 47.9 Å². The van der Waals surface area contributed by atoms with E-state index in [4.69, 9.17) is 4.74 Å². The van der Waals surface area contributed by atoms with E-state index in [2.05, 4.69) is 13.5 Å². The number of hydrogen-bond donors (Lipinski definition) is 0. The normalized spacial score (nSPS) is 17.6. The summed E-state index contributed by atoms with van der Waals surface area (Å²) in [7, 11) is 0. The van der Waals surface area contributed by atoms with Crippen molar-refractivity contribution in [3.8, 4) is 5.75 Å². The lowest BCUT2D eigenvalue weighted by Gasteiger charge is -2.19. The van der Waals surface area contributed by atoms with Crippen molar-refractivity contribution in [3.05, 3.63) is 48.2 Å². The molecule has 2 aliphatic heterocycles. The lowest BCUT2D eigenvalue weighted by molar-refractivity contribution is -0.136. The highest BCUT2D eigenvalue weighted by Crippen LogP contribution is 2.33. The molecule has 2 amide bonds. The van der Waals surface area contributed by atoms with Crippen LogP contribution in [0.1, 0.15) is 31.7 Å². The molecule has 0 bridgehead atoms. The van der Waals surface area contributed by atoms with E-state index in [1.165, 1.54) is 4.90 Å². The average Bonchev–Trinajstić information content (AvgIpc) is 3.23. The van der Waals surface area contributed by atoms with E-state index in [0.717, 1.165) is 43.7 Å². The molecule has 2 heterocycles. The second kappa shape index (κ2) is 7.55. The van der Waals surface area contributed by atoms with Crippen LogP contribution in [0.25, 0.3) is 5.57 Å². The van der Waals surface area contributed by atoms with E-state index >= 15 is 0 Å². The van der Waals surface area contributed by atoms with Gasteiger partial charge in [-0.1, -0.05) is 25.1 Å². The smallest absolute Gasteiger partial charge is 0.278 e. The lowest BCUT2D eigenvalue weighted by Crippen LogP contribution is -2.34. The molecule has 5 nitrogen and oxygen atoms in total. The van der Waals surface area contributed by atoms with Crippen LogP contribution < -0.4 is 4.74 Å². The van der Waals surface area contributed by atoms with Crippen molar-refractivity contribution in [1.82, 2.24) is 9.80 Å². The highest BCUT2D eigenvalue weighted by molar-refractivity contribution is 6.35. The standard InChI is InChI=1S/C20H24N2O3/c1-3-11-22-19(23)17(18(20(22)24)21-12-5-6-13-21)15-7-9-16(10-8-15)25-14-4-2/h3,7-10H,1,4-6,11-14H2,2H3. The monoisotopic (exact) mass is 340 g/mol. The van der Waals surface area contributed by atoms with Gasteiger partial charge in [0.15, 0.2) is 0 Å². The molecule has 3 rings (SSSR count). The Hall–Kier alpha value is -2.56. The highest BCUT2D eigenvalue weighted by Gasteiger charge is 2.41. The summed E-state index contributed by atoms with van der Waals surface area (Å²) in [5.41, 5.74) is 1.79. The van der Waals surface area contributed by atoms with Crippen LogP contribution in [0, 0.1) is 0 Å². The Morgan fingerprint density at radius 2 is 1.80 bits per heavy atom. The summed E-state index contributed by atoms with van der Waals surface area (Å²) < 4.78 is 5.61. The third-order valence-corrected chi connectivity index (χ3v) is 4.49. The van der Waals surface area contributed by atoms with Gasteiger partial charge < -0.3 is 9.64 Å². The fourth-order valence-electron chi connectivity index (χ4n) is 3.29. The summed E-state index contributed by atoms with van der Waals surface area (Å²) in [5, 5.41) is 0. The predicted molar refractivity (Wildman–Crippen MR) is 96.9 cm³/mol. The number of benzene rings is 1. The number of rotatable bonds is 7. The maximum absolute atomic E-state index is 12.9. The Morgan fingerprint density at radius 1 is 1.12 bits per heavy atom. The third kappa shape index (κ3) is 3.31. The van der Waals surface area contributed by atoms with Gasteiger partial charge in [0.25, 0.3) is 11.8 Å². The highest BCUT2D eigenvalue weighted by atomic mass is 16.5. The molecule has 0 aliphatic carbocycles. The second-order valence-electron chi connectivity index (χ2n) is 6.30. The number of nitrogens with zero attached hydrogens (tertiary/aromatic N) is 2. The maximum Gasteiger partial charge on any atom is 0.278 e. The van der Waals surface area contributed by atoms with Crippen LogP contribution in [0.15, 0.2) is 42.6 Å². The number of ether oxygens (including phenoxy) is 1. The quantitative estimate of drug-likeness (QED) is 0.566. The molecule has 0 N–H and O–H groups in total. The van der Waals surface area contributed by atoms with Crippen LogP contribution in [0.5, 0.6) is 5.75 Å². The minimum absolute atomic E-state index is 0.215. The van der Waals surface area contributed by atoms with Gasteiger partial charge in [-0.05, 0) is 37.0 Å². The Morgan fingerprint density at radius 3 is 2.40 bits per heavy atom. The molecule has 25 heavy (non-hydrogen) atoms. The van der Waals surface area contributed by atoms with Crippen molar-refractivity contribution >= 4 is 17.4 Å². The van der Waals surface area contributed by atoms with Gasteiger partial charge in [0.1, 0.15) is 11.4 Å². The van der Waals surface area contributed by atoms with Gasteiger partial charge in [-0.3, -0.25) is 14.5 Å². The van der Waals surface area contributed by atoms with Gasteiger partial charge in [0.2, 0.25) is 0 Å². The molecule has 2 aliphatic rings. The first-order valence-corrected chi connectivity index (χ1v) is 8.87. The summed E-state index contributed by atoms with van der Waals surface area (Å²) in [5.74, 6) is 0.316. The van der Waals surface area contributed by atoms with E-state index < -0.39 is 0 Å². The van der Waals surface area contributed by atoms with Crippen LogP contribution in [0.3, 0.4) is 0 Å². The summed E-state index contributed by atoms with van der Waals surface area (Å²) in [6.07, 6.45) is 4.62. The van der Waals surface area contributed by atoms with Crippen molar-refractivity contribution < 1.29 is 14.3 Å². The zero-order valence-electron chi connectivity index (χ0n) is 14.7. The Labute approximate surface area is 148 Å². The molecular formula is C20H24N2O3. The Balaban J connectivity index is 1.97. The van der Waals surface area contributed by atoms with E-state index in [9.17, 15) is 9.59 Å². The molecular weight excluding hydrogens is 316 g/mol. The molecule has 0 aromatic heterocycles. The molecule has 0 spiro atoms. The number of likely N-dealkylation sites (tertiary alicyclic amines) is 1. The maximum atomic E-state index is 12.9. The minimum Gasteiger partial charge on any atom is -0.494 e. The number of hydrogen-bond acceptors (Lipinski definition) is 4. The SMILES string of the molecule is C=CCN1C(=O)C(c2ccc(OCCC)cc2)=C(N2CCCC2)C1=O. The number of carbonyl (C=O) groups excluding carboxylic acids is 2. The van der Waals surface area contributed by atoms with Gasteiger partial charge in [-0.25, -0.2) is 0 Å². The van der Waals surface area contributed by atoms with Crippen molar-refractivity contribution in [2.45, 2.75) is 26.2 Å². The fraction of sp³-hybridized carbons (Fsp3) is 0.400. The fourth-order valence-corrected chi connectivity index (χ4v) is 3.29. The first kappa shape index (κ1) is 17.3. The number of imide groups is 1. The first-order valence-electron chi connectivity index (χ1n) is 8.87. The van der Waals surface area contributed by atoms with Gasteiger partial charge in [-0.15, -0.1) is 6.58 Å². The molecule has 132 valence electrons. The van der Waals surface area contributed by atoms with Crippen LogP contribution in [0.4, 0.5) is 0 Å². The van der Waals surface area contributed by atoms with Crippen molar-refractivity contribution in [3.63, 3.8) is 0 Å². The topological polar surface area (TPSA) is 49.9 Å². The van der Waals surface area contributed by atoms with Gasteiger partial charge in [-0.2, -0.15) is 0 Å². The number of amides is 2. The Bertz CT molecular complexity index is 700. The number of carbonyl (C=O) groups is 2. The third-order valence-electron chi connectivity index (χ3n) is 4.49. The van der Waals surface area contributed by atoms with E-state index in [1.807, 2.05) is 29.2 Å². The van der Waals surface area contributed by atoms with E-state index in [-0.39, 0.29) is 18.4 Å². The molecule has 1 saturated heterocycles. The van der Waals surface area contributed by atoms with E-state index in [1.54, 1.807) is 6.08 Å². The summed E-state index contributed by atoms with van der Waals surface area (Å²) in [6, 6.07) is 7.43. The van der Waals surface area contributed by atoms with Crippen LogP contribution in [-0.2, 0) is 9.59 Å². The average molecular weight is 340 g/mol. The molecule has 1 aromatic carbocycles. The predicted octanol–water partition coefficient (Wildman–Crippen LogP) is 2.84. The second-order valence-corrected chi connectivity index (χ2v) is 6.30. The minimum atomic E-state index is -0.242. The van der Waals surface area contributed by atoms with Gasteiger partial charge in [0, 0.05) is 19.6 Å². The summed E-state index contributed by atoms with van der Waals surface area (Å²) >= 11 is 0. The molecule has 1 fully saturated rings. The zero-order chi connectivity index (χ0) is 17.8. The van der Waals surface area contributed by atoms with Crippen LogP contribution in [0.2, 0.25) is 0 Å². The van der Waals surface area contributed by atoms with Crippen molar-refractivity contribution in [1.29, 1.82) is 0 Å². The molecule has 0 unspecified atom stereocenters. The summed E-state index contributed by atoms with van der Waals surface area (Å²) in [4.78, 5) is 29.0. The van der Waals surface area contributed by atoms with E-state index in [0.29, 0.717) is 17.9 Å². The van der Waals surface area contributed by atoms with Gasteiger partial charge >= 0.3 is 0 Å². The molecule has 0 radical (unpaired) electrons. The lowest BCUT2D eigenvalue weighted by atomic mass is 10.0. The molecule has 1 aromatic rings. The van der Waals surface area contributed by atoms with Crippen molar-refractivity contribution in [2.24, 2.45) is 0 Å².